The molecule has 0 amide bonds. The molecule has 0 aromatic heterocycles. The number of hydrogen-bond donors (Lipinski definition) is 1. The molecule has 0 bridgehead atoms. The van der Waals surface area contributed by atoms with E-state index in [0.717, 1.165) is 31.5 Å². The highest BCUT2D eigenvalue weighted by atomic mass is 19.4. The maximum Gasteiger partial charge on any atom is 0.573 e. The van der Waals surface area contributed by atoms with Crippen molar-refractivity contribution < 1.29 is 17.9 Å². The Balaban J connectivity index is 1.52. The van der Waals surface area contributed by atoms with Crippen molar-refractivity contribution in [1.82, 2.24) is 5.32 Å². The molecular weight excluding hydrogens is 269 g/mol. The van der Waals surface area contributed by atoms with Gasteiger partial charge in [0.05, 0.1) is 0 Å². The number of nitrogens with one attached hydrogen (secondary N) is 1. The lowest BCUT2D eigenvalue weighted by Gasteiger charge is -2.22. The van der Waals surface area contributed by atoms with E-state index in [1.807, 2.05) is 0 Å². The van der Waals surface area contributed by atoms with Crippen LogP contribution in [0, 0.1) is 17.8 Å². The number of rotatable bonds is 5. The van der Waals surface area contributed by atoms with Crippen molar-refractivity contribution in [2.75, 3.05) is 19.6 Å². The van der Waals surface area contributed by atoms with Crippen molar-refractivity contribution in [3.8, 4) is 5.75 Å². The van der Waals surface area contributed by atoms with Gasteiger partial charge in [0.2, 0.25) is 0 Å². The Labute approximate surface area is 115 Å². The molecule has 0 radical (unpaired) electrons. The summed E-state index contributed by atoms with van der Waals surface area (Å²) < 4.78 is 40.8. The molecule has 1 saturated heterocycles. The van der Waals surface area contributed by atoms with Gasteiger partial charge < -0.3 is 15.4 Å². The van der Waals surface area contributed by atoms with E-state index in [1.54, 1.807) is 12.1 Å². The number of piperidine rings is 1. The van der Waals surface area contributed by atoms with Crippen LogP contribution in [0.2, 0.25) is 0 Å². The fourth-order valence-corrected chi connectivity index (χ4v) is 3.01. The quantitative estimate of drug-likeness (QED) is 0.903. The summed E-state index contributed by atoms with van der Waals surface area (Å²) in [6.07, 6.45) is -4.66. The van der Waals surface area contributed by atoms with E-state index in [0.29, 0.717) is 11.5 Å². The molecule has 1 aromatic rings. The lowest BCUT2D eigenvalue weighted by atomic mass is 10.2. The minimum absolute atomic E-state index is 0.151. The first-order valence-corrected chi connectivity index (χ1v) is 6.72. The molecule has 2 aliphatic rings. The highest BCUT2D eigenvalue weighted by molar-refractivity contribution is 5.35. The van der Waals surface area contributed by atoms with Gasteiger partial charge in [-0.2, -0.15) is 0 Å². The summed E-state index contributed by atoms with van der Waals surface area (Å²) in [6, 6.07) is 6.18. The Hall–Kier alpha value is -1.27. The minimum atomic E-state index is -4.66. The zero-order valence-corrected chi connectivity index (χ0v) is 10.9. The average Bonchev–Trinajstić information content (AvgIpc) is 2.82. The molecule has 2 unspecified atom stereocenters. The number of hydrogen-bond acceptors (Lipinski definition) is 2. The number of halogens is 3. The Morgan fingerprint density at radius 1 is 1.20 bits per heavy atom. The van der Waals surface area contributed by atoms with E-state index < -0.39 is 6.36 Å². The highest BCUT2D eigenvalue weighted by Gasteiger charge is 2.50. The second kappa shape index (κ2) is 5.26. The van der Waals surface area contributed by atoms with Crippen molar-refractivity contribution in [1.29, 1.82) is 0 Å². The van der Waals surface area contributed by atoms with Gasteiger partial charge in [0.1, 0.15) is 5.75 Å². The number of benzene rings is 1. The lowest BCUT2D eigenvalue weighted by Crippen LogP contribution is -2.18. The van der Waals surface area contributed by atoms with Gasteiger partial charge in [-0.1, -0.05) is 24.1 Å². The van der Waals surface area contributed by atoms with E-state index >= 15 is 0 Å². The third-order valence-electron chi connectivity index (χ3n) is 4.09. The molecule has 1 N–H and O–H groups in total. The van der Waals surface area contributed by atoms with Gasteiger partial charge in [-0.3, -0.25) is 0 Å². The maximum atomic E-state index is 12.3. The Morgan fingerprint density at radius 3 is 2.60 bits per heavy atom. The molecule has 2 atom stereocenters. The van der Waals surface area contributed by atoms with Gasteiger partial charge >= 0.3 is 6.36 Å². The first-order chi connectivity index (χ1) is 9.54. The molecule has 1 saturated carbocycles. The molecule has 6 heteroatoms. The van der Waals surface area contributed by atoms with Gasteiger partial charge in [0.25, 0.3) is 0 Å². The molecule has 3 nitrogen and oxygen atoms in total. The van der Waals surface area contributed by atoms with Crippen LogP contribution in [0.4, 0.5) is 13.2 Å². The van der Waals surface area contributed by atoms with Crippen LogP contribution in [0.5, 0.6) is 5.75 Å². The Morgan fingerprint density at radius 2 is 1.90 bits per heavy atom. The SMILES string of the molecule is FC(F)(F)Oc1ccccc1C[N-]CC1C2CNCC12. The topological polar surface area (TPSA) is 35.4 Å². The van der Waals surface area contributed by atoms with Gasteiger partial charge in [-0.15, -0.1) is 26.3 Å². The predicted molar refractivity (Wildman–Crippen MR) is 68.4 cm³/mol. The molecule has 0 spiro atoms. The van der Waals surface area contributed by atoms with Crippen LogP contribution >= 0.6 is 0 Å². The first-order valence-electron chi connectivity index (χ1n) is 6.72. The van der Waals surface area contributed by atoms with Crippen molar-refractivity contribution in [3.05, 3.63) is 35.1 Å². The van der Waals surface area contributed by atoms with Crippen LogP contribution in [0.25, 0.3) is 5.32 Å². The lowest BCUT2D eigenvalue weighted by molar-refractivity contribution is -0.274. The second-order valence-electron chi connectivity index (χ2n) is 5.37. The van der Waals surface area contributed by atoms with Gasteiger partial charge in [0.15, 0.2) is 0 Å². The summed E-state index contributed by atoms with van der Waals surface area (Å²) in [4.78, 5) is 0. The number of fused-ring (bicyclic) bond motifs is 1. The zero-order chi connectivity index (χ0) is 14.2. The summed E-state index contributed by atoms with van der Waals surface area (Å²) >= 11 is 0. The van der Waals surface area contributed by atoms with Crippen LogP contribution in [-0.4, -0.2) is 26.0 Å². The third kappa shape index (κ3) is 3.07. The maximum absolute atomic E-state index is 12.3. The van der Waals surface area contributed by atoms with E-state index in [1.165, 1.54) is 12.1 Å². The Bertz CT molecular complexity index is 468. The van der Waals surface area contributed by atoms with Gasteiger partial charge in [-0.25, -0.2) is 0 Å². The Kier molecular flexibility index (Phi) is 3.60. The standard InChI is InChI=1S/C14H16F3N2O/c15-14(16,17)20-13-4-2-1-3-9(13)5-18-6-10-11-7-19-8-12(10)11/h1-4,10-12,19H,5-8H2/q-1. The van der Waals surface area contributed by atoms with Crippen molar-refractivity contribution in [2.24, 2.45) is 17.8 Å². The van der Waals surface area contributed by atoms with Crippen LogP contribution < -0.4 is 10.1 Å². The van der Waals surface area contributed by atoms with E-state index in [-0.39, 0.29) is 12.3 Å². The van der Waals surface area contributed by atoms with Crippen molar-refractivity contribution >= 4 is 0 Å². The molecule has 1 heterocycles. The number of para-hydroxylation sites is 1. The number of nitrogens with zero attached hydrogens (tertiary/aromatic N) is 1. The fourth-order valence-electron chi connectivity index (χ4n) is 3.01. The smallest absolute Gasteiger partial charge is 0.573 e. The fraction of sp³-hybridized carbons (Fsp3) is 0.571. The summed E-state index contributed by atoms with van der Waals surface area (Å²) in [5.74, 6) is 1.91. The van der Waals surface area contributed by atoms with Crippen molar-refractivity contribution in [3.63, 3.8) is 0 Å². The predicted octanol–water partition coefficient (Wildman–Crippen LogP) is 2.92. The molecular formula is C14H16F3N2O-. The van der Waals surface area contributed by atoms with Gasteiger partial charge in [-0.05, 0) is 36.6 Å². The van der Waals surface area contributed by atoms with Crippen LogP contribution in [0.15, 0.2) is 24.3 Å². The summed E-state index contributed by atoms with van der Waals surface area (Å²) in [7, 11) is 0. The third-order valence-corrected chi connectivity index (χ3v) is 4.09. The first kappa shape index (κ1) is 13.7. The molecule has 20 heavy (non-hydrogen) atoms. The summed E-state index contributed by atoms with van der Waals surface area (Å²) in [5, 5.41) is 7.71. The van der Waals surface area contributed by atoms with E-state index in [9.17, 15) is 13.2 Å². The average molecular weight is 285 g/mol. The summed E-state index contributed by atoms with van der Waals surface area (Å²) in [5.41, 5.74) is 0.480. The highest BCUT2D eigenvalue weighted by Crippen LogP contribution is 2.49. The number of ether oxygens (including phenoxy) is 1. The second-order valence-corrected chi connectivity index (χ2v) is 5.37. The monoisotopic (exact) mass is 285 g/mol. The largest absolute Gasteiger partial charge is 0.658 e. The molecule has 2 fully saturated rings. The molecule has 1 aromatic carbocycles. The zero-order valence-electron chi connectivity index (χ0n) is 10.9. The van der Waals surface area contributed by atoms with E-state index in [2.05, 4.69) is 15.4 Å². The molecule has 110 valence electrons. The van der Waals surface area contributed by atoms with Crippen molar-refractivity contribution in [2.45, 2.75) is 12.9 Å². The molecule has 3 rings (SSSR count). The van der Waals surface area contributed by atoms with Crippen LogP contribution in [0.3, 0.4) is 0 Å². The van der Waals surface area contributed by atoms with E-state index in [4.69, 9.17) is 0 Å². The summed E-state index contributed by atoms with van der Waals surface area (Å²) in [6.45, 7) is 3.12. The molecule has 1 aliphatic carbocycles. The number of alkyl halides is 3. The van der Waals surface area contributed by atoms with Crippen LogP contribution in [-0.2, 0) is 6.54 Å². The minimum Gasteiger partial charge on any atom is -0.658 e. The normalized spacial score (nSPS) is 28.2. The van der Waals surface area contributed by atoms with Crippen LogP contribution in [0.1, 0.15) is 5.56 Å². The molecule has 1 aliphatic heterocycles. The van der Waals surface area contributed by atoms with Gasteiger partial charge in [0, 0.05) is 0 Å².